The summed E-state index contributed by atoms with van der Waals surface area (Å²) in [5.74, 6) is 1.04. The first-order chi connectivity index (χ1) is 9.55. The second kappa shape index (κ2) is 10.2. The van der Waals surface area contributed by atoms with E-state index in [9.17, 15) is 4.79 Å². The molecule has 0 unspecified atom stereocenters. The van der Waals surface area contributed by atoms with Crippen LogP contribution in [0.1, 0.15) is 45.4 Å². The normalized spacial score (nSPS) is 17.0. The van der Waals surface area contributed by atoms with Gasteiger partial charge in [0.1, 0.15) is 0 Å². The molecule has 0 aromatic carbocycles. The minimum absolute atomic E-state index is 0. The second-order valence-electron chi connectivity index (χ2n) is 5.89. The number of hydrogen-bond acceptors (Lipinski definition) is 2. The molecule has 1 fully saturated rings. The van der Waals surface area contributed by atoms with Crippen molar-refractivity contribution in [2.75, 3.05) is 34.2 Å². The maximum atomic E-state index is 12.5. The molecule has 0 heterocycles. The average molecular weight is 410 g/mol. The summed E-state index contributed by atoms with van der Waals surface area (Å²) in [6.07, 6.45) is 6.52. The number of halogens is 1. The van der Waals surface area contributed by atoms with Gasteiger partial charge in [-0.1, -0.05) is 26.2 Å². The number of unbranched alkanes of at least 4 members (excludes halogenated alkanes) is 1. The Morgan fingerprint density at radius 3 is 2.33 bits per heavy atom. The van der Waals surface area contributed by atoms with Gasteiger partial charge in [-0.05, 0) is 19.3 Å². The van der Waals surface area contributed by atoms with E-state index in [2.05, 4.69) is 22.5 Å². The molecule has 6 heteroatoms. The Kier molecular flexibility index (Phi) is 9.98. The molecule has 1 amide bonds. The van der Waals surface area contributed by atoms with E-state index in [1.807, 2.05) is 14.1 Å². The summed E-state index contributed by atoms with van der Waals surface area (Å²) < 4.78 is 0. The highest BCUT2D eigenvalue weighted by molar-refractivity contribution is 14.0. The topological polar surface area (TPSA) is 56.7 Å². The van der Waals surface area contributed by atoms with Gasteiger partial charge in [0.05, 0.1) is 5.41 Å². The minimum Gasteiger partial charge on any atom is -0.356 e. The molecule has 124 valence electrons. The van der Waals surface area contributed by atoms with E-state index in [-0.39, 0.29) is 35.3 Å². The largest absolute Gasteiger partial charge is 0.356 e. The highest BCUT2D eigenvalue weighted by Crippen LogP contribution is 2.38. The van der Waals surface area contributed by atoms with Crippen molar-refractivity contribution in [1.82, 2.24) is 15.5 Å². The molecule has 5 nitrogen and oxygen atoms in total. The molecule has 0 bridgehead atoms. The van der Waals surface area contributed by atoms with Crippen LogP contribution in [0.25, 0.3) is 0 Å². The molecule has 0 aromatic rings. The lowest BCUT2D eigenvalue weighted by atomic mass is 9.84. The third-order valence-electron chi connectivity index (χ3n) is 4.06. The quantitative estimate of drug-likeness (QED) is 0.306. The average Bonchev–Trinajstić information content (AvgIpc) is 2.91. The number of carbonyl (C=O) groups is 1. The van der Waals surface area contributed by atoms with Gasteiger partial charge in [-0.3, -0.25) is 9.79 Å². The highest BCUT2D eigenvalue weighted by atomic mass is 127. The number of rotatable bonds is 6. The Morgan fingerprint density at radius 1 is 1.24 bits per heavy atom. The Labute approximate surface area is 146 Å². The van der Waals surface area contributed by atoms with E-state index in [4.69, 9.17) is 0 Å². The van der Waals surface area contributed by atoms with E-state index in [1.54, 1.807) is 11.9 Å². The summed E-state index contributed by atoms with van der Waals surface area (Å²) in [5, 5.41) is 6.63. The number of hydrogen-bond donors (Lipinski definition) is 2. The molecular formula is C15H31IN4O. The summed E-state index contributed by atoms with van der Waals surface area (Å²) in [7, 11) is 5.46. The molecule has 0 aliphatic heterocycles. The van der Waals surface area contributed by atoms with Gasteiger partial charge in [-0.2, -0.15) is 0 Å². The van der Waals surface area contributed by atoms with Gasteiger partial charge in [-0.15, -0.1) is 24.0 Å². The smallest absolute Gasteiger partial charge is 0.230 e. The molecule has 0 spiro atoms. The van der Waals surface area contributed by atoms with Gasteiger partial charge in [0, 0.05) is 34.2 Å². The SMILES string of the molecule is CCCCNC(=NC)NCC1(C(=O)N(C)C)CCCC1.I. The van der Waals surface area contributed by atoms with E-state index < -0.39 is 0 Å². The van der Waals surface area contributed by atoms with Gasteiger partial charge in [-0.25, -0.2) is 0 Å². The Hall–Kier alpha value is -0.530. The lowest BCUT2D eigenvalue weighted by Crippen LogP contribution is -2.49. The van der Waals surface area contributed by atoms with Gasteiger partial charge in [0.25, 0.3) is 0 Å². The highest BCUT2D eigenvalue weighted by Gasteiger charge is 2.41. The van der Waals surface area contributed by atoms with Gasteiger partial charge < -0.3 is 15.5 Å². The molecule has 1 saturated carbocycles. The number of nitrogens with one attached hydrogen (secondary N) is 2. The molecular weight excluding hydrogens is 379 g/mol. The molecule has 2 N–H and O–H groups in total. The first-order valence-corrected chi connectivity index (χ1v) is 7.72. The van der Waals surface area contributed by atoms with Crippen LogP contribution in [-0.2, 0) is 4.79 Å². The predicted octanol–water partition coefficient (Wildman–Crippen LogP) is 2.22. The first-order valence-electron chi connectivity index (χ1n) is 7.72. The van der Waals surface area contributed by atoms with Gasteiger partial charge in [0.15, 0.2) is 5.96 Å². The lowest BCUT2D eigenvalue weighted by molar-refractivity contribution is -0.138. The van der Waals surface area contributed by atoms with Crippen molar-refractivity contribution in [3.8, 4) is 0 Å². The fourth-order valence-corrected chi connectivity index (χ4v) is 2.85. The molecule has 0 aromatic heterocycles. The summed E-state index contributed by atoms with van der Waals surface area (Å²) >= 11 is 0. The summed E-state index contributed by atoms with van der Waals surface area (Å²) in [6.45, 7) is 3.77. The number of aliphatic imine (C=N–C) groups is 1. The molecule has 1 aliphatic carbocycles. The van der Waals surface area contributed by atoms with E-state index in [1.165, 1.54) is 0 Å². The van der Waals surface area contributed by atoms with Crippen molar-refractivity contribution in [3.63, 3.8) is 0 Å². The van der Waals surface area contributed by atoms with Crippen LogP contribution in [0.5, 0.6) is 0 Å². The Balaban J connectivity index is 0.00000400. The van der Waals surface area contributed by atoms with Crippen LogP contribution in [-0.4, -0.2) is 51.0 Å². The number of carbonyl (C=O) groups excluding carboxylic acids is 1. The van der Waals surface area contributed by atoms with Crippen LogP contribution in [0.2, 0.25) is 0 Å². The van der Waals surface area contributed by atoms with E-state index in [0.29, 0.717) is 6.54 Å². The van der Waals surface area contributed by atoms with Crippen molar-refractivity contribution in [1.29, 1.82) is 0 Å². The zero-order valence-electron chi connectivity index (χ0n) is 13.9. The maximum Gasteiger partial charge on any atom is 0.230 e. The fraction of sp³-hybridized carbons (Fsp3) is 0.867. The van der Waals surface area contributed by atoms with Gasteiger partial charge >= 0.3 is 0 Å². The first kappa shape index (κ1) is 20.5. The lowest BCUT2D eigenvalue weighted by Gasteiger charge is -2.31. The van der Waals surface area contributed by atoms with Crippen LogP contribution in [0.4, 0.5) is 0 Å². The molecule has 21 heavy (non-hydrogen) atoms. The van der Waals surface area contributed by atoms with Crippen molar-refractivity contribution in [2.24, 2.45) is 10.4 Å². The van der Waals surface area contributed by atoms with Crippen LogP contribution in [0, 0.1) is 5.41 Å². The molecule has 0 atom stereocenters. The Morgan fingerprint density at radius 2 is 1.86 bits per heavy atom. The van der Waals surface area contributed by atoms with Crippen LogP contribution >= 0.6 is 24.0 Å². The minimum atomic E-state index is -0.244. The van der Waals surface area contributed by atoms with Crippen molar-refractivity contribution in [3.05, 3.63) is 0 Å². The maximum absolute atomic E-state index is 12.5. The van der Waals surface area contributed by atoms with Crippen molar-refractivity contribution >= 4 is 35.8 Å². The summed E-state index contributed by atoms with van der Waals surface area (Å²) in [5.41, 5.74) is -0.244. The Bertz CT molecular complexity index is 339. The standard InChI is InChI=1S/C15H30N4O.HI/c1-5-6-11-17-14(16-2)18-12-15(9-7-8-10-15)13(20)19(3)4;/h5-12H2,1-4H3,(H2,16,17,18);1H. The third-order valence-corrected chi connectivity index (χ3v) is 4.06. The number of amides is 1. The second-order valence-corrected chi connectivity index (χ2v) is 5.89. The molecule has 1 rings (SSSR count). The van der Waals surface area contributed by atoms with E-state index >= 15 is 0 Å². The molecule has 1 aliphatic rings. The predicted molar refractivity (Wildman–Crippen MR) is 99.3 cm³/mol. The zero-order valence-corrected chi connectivity index (χ0v) is 16.2. The molecule has 0 radical (unpaired) electrons. The van der Waals surface area contributed by atoms with Gasteiger partial charge in [0.2, 0.25) is 5.91 Å². The summed E-state index contributed by atoms with van der Waals surface area (Å²) in [4.78, 5) is 18.4. The number of nitrogens with zero attached hydrogens (tertiary/aromatic N) is 2. The zero-order chi connectivity index (χ0) is 15.0. The van der Waals surface area contributed by atoms with Crippen molar-refractivity contribution in [2.45, 2.75) is 45.4 Å². The monoisotopic (exact) mass is 410 g/mol. The molecule has 0 saturated heterocycles. The van der Waals surface area contributed by atoms with E-state index in [0.717, 1.165) is 51.0 Å². The third kappa shape index (κ3) is 6.00. The summed E-state index contributed by atoms with van der Waals surface area (Å²) in [6, 6.07) is 0. The van der Waals surface area contributed by atoms with Crippen LogP contribution < -0.4 is 10.6 Å². The van der Waals surface area contributed by atoms with Crippen LogP contribution in [0.3, 0.4) is 0 Å². The fourth-order valence-electron chi connectivity index (χ4n) is 2.85. The van der Waals surface area contributed by atoms with Crippen molar-refractivity contribution < 1.29 is 4.79 Å². The number of guanidine groups is 1. The van der Waals surface area contributed by atoms with Crippen LogP contribution in [0.15, 0.2) is 4.99 Å².